The number of halogens is 5. The molecule has 3 fully saturated rings. The zero-order chi connectivity index (χ0) is 32.7. The minimum atomic E-state index is -2.98. The fourth-order valence-electron chi connectivity index (χ4n) is 5.93. The zero-order valence-corrected chi connectivity index (χ0v) is 25.6. The first-order chi connectivity index (χ1) is 21.3. The highest BCUT2D eigenvalue weighted by atomic mass is 32.2. The largest absolute Gasteiger partial charge is 0.394 e. The maximum absolute atomic E-state index is 14.1. The molecule has 5 rings (SSSR count). The van der Waals surface area contributed by atoms with Crippen LogP contribution in [-0.4, -0.2) is 109 Å². The van der Waals surface area contributed by atoms with Gasteiger partial charge >= 0.3 is 0 Å². The lowest BCUT2D eigenvalue weighted by molar-refractivity contribution is -0.186. The summed E-state index contributed by atoms with van der Waals surface area (Å²) in [5.74, 6) is -7.45. The molecule has 10 nitrogen and oxygen atoms in total. The number of aromatic nitrogens is 3. The van der Waals surface area contributed by atoms with E-state index in [0.717, 1.165) is 47.8 Å². The second-order valence-corrected chi connectivity index (χ2v) is 13.4. The van der Waals surface area contributed by atoms with Gasteiger partial charge in [-0.25, -0.2) is 26.6 Å². The lowest BCUT2D eigenvalue weighted by atomic mass is 9.80. The van der Waals surface area contributed by atoms with Gasteiger partial charge in [0.25, 0.3) is 0 Å². The molecule has 6 atom stereocenters. The highest BCUT2D eigenvalue weighted by Crippen LogP contribution is 2.47. The van der Waals surface area contributed by atoms with Crippen LogP contribution in [0, 0.1) is 23.4 Å². The van der Waals surface area contributed by atoms with Crippen LogP contribution in [0.1, 0.15) is 51.0 Å². The molecule has 2 aromatic rings. The number of carbonyl (C=O) groups is 1. The number of amides is 1. The summed E-state index contributed by atoms with van der Waals surface area (Å²) in [6.45, 7) is -0.254. The number of hydrogen-bond donors (Lipinski definition) is 3. The van der Waals surface area contributed by atoms with E-state index in [1.54, 1.807) is 7.05 Å². The summed E-state index contributed by atoms with van der Waals surface area (Å²) in [7, 11) is 2.90. The summed E-state index contributed by atoms with van der Waals surface area (Å²) in [6.07, 6.45) is -1.51. The molecule has 1 aromatic carbocycles. The molecule has 3 aliphatic rings. The minimum absolute atomic E-state index is 0.0612. The van der Waals surface area contributed by atoms with Crippen molar-refractivity contribution in [3.63, 3.8) is 0 Å². The Morgan fingerprint density at radius 1 is 1.20 bits per heavy atom. The summed E-state index contributed by atoms with van der Waals surface area (Å²) in [5.41, 5.74) is -3.13. The standard InChI is InChI=1S/C29H37F5N4O6S/c1-37(10-5-15-3-4-15)26(41)25(28(42)6-8-29(33,34)9-7-28)45-27-24(43-2)22(23(40)20(14-39)44-27)38-13-19(35-36-38)16-11-17(30)21(32)18(31)12-16/h11-13,15,20,22-25,27,39-40,42H,3-10,14H2,1-2H3/t20-,22+,23+,24-,25?,27+/m1/s1. The molecule has 1 amide bonds. The molecule has 3 N–H and O–H groups in total. The Balaban J connectivity index is 1.45. The third-order valence-corrected chi connectivity index (χ3v) is 10.5. The second kappa shape index (κ2) is 13.4. The third-order valence-electron chi connectivity index (χ3n) is 8.97. The van der Waals surface area contributed by atoms with Crippen LogP contribution in [0.15, 0.2) is 18.3 Å². The van der Waals surface area contributed by atoms with E-state index in [4.69, 9.17) is 9.47 Å². The van der Waals surface area contributed by atoms with E-state index in [2.05, 4.69) is 10.3 Å². The van der Waals surface area contributed by atoms with Crippen molar-refractivity contribution in [3.05, 3.63) is 35.8 Å². The number of methoxy groups -OCH3 is 1. The van der Waals surface area contributed by atoms with Gasteiger partial charge < -0.3 is 29.7 Å². The first kappa shape index (κ1) is 34.0. The second-order valence-electron chi connectivity index (χ2n) is 12.2. The van der Waals surface area contributed by atoms with Crippen LogP contribution in [0.4, 0.5) is 22.0 Å². The first-order valence-electron chi connectivity index (χ1n) is 14.8. The number of hydrogen-bond acceptors (Lipinski definition) is 9. The van der Waals surface area contributed by atoms with Gasteiger partial charge in [0.2, 0.25) is 11.8 Å². The van der Waals surface area contributed by atoms with Gasteiger partial charge in [-0.2, -0.15) is 0 Å². The smallest absolute Gasteiger partial charge is 0.248 e. The third kappa shape index (κ3) is 7.30. The van der Waals surface area contributed by atoms with Crippen molar-refractivity contribution < 1.29 is 51.5 Å². The Morgan fingerprint density at radius 2 is 1.84 bits per heavy atom. The van der Waals surface area contributed by atoms with Gasteiger partial charge in [-0.05, 0) is 37.3 Å². The van der Waals surface area contributed by atoms with Gasteiger partial charge in [0.05, 0.1) is 18.4 Å². The van der Waals surface area contributed by atoms with Crippen LogP contribution in [0.25, 0.3) is 11.3 Å². The normalized spacial score (nSPS) is 28.5. The molecule has 2 heterocycles. The fraction of sp³-hybridized carbons (Fsp3) is 0.690. The van der Waals surface area contributed by atoms with Crippen LogP contribution in [0.3, 0.4) is 0 Å². The first-order valence-corrected chi connectivity index (χ1v) is 15.8. The Hall–Kier alpha value is -2.37. The molecule has 45 heavy (non-hydrogen) atoms. The number of thioether (sulfide) groups is 1. The Labute approximate surface area is 260 Å². The van der Waals surface area contributed by atoms with E-state index in [-0.39, 0.29) is 24.1 Å². The highest BCUT2D eigenvalue weighted by Gasteiger charge is 2.54. The van der Waals surface area contributed by atoms with Crippen LogP contribution in [-0.2, 0) is 14.3 Å². The van der Waals surface area contributed by atoms with Crippen molar-refractivity contribution >= 4 is 17.7 Å². The summed E-state index contributed by atoms with van der Waals surface area (Å²) >= 11 is 0.861. The van der Waals surface area contributed by atoms with E-state index < -0.39 is 89.4 Å². The maximum atomic E-state index is 14.1. The van der Waals surface area contributed by atoms with Crippen LogP contribution < -0.4 is 0 Å². The number of benzene rings is 1. The average Bonchev–Trinajstić information content (AvgIpc) is 3.72. The molecular formula is C29H37F5N4O6S. The number of aliphatic hydroxyl groups is 3. The minimum Gasteiger partial charge on any atom is -0.394 e. The van der Waals surface area contributed by atoms with Crippen molar-refractivity contribution in [1.82, 2.24) is 19.9 Å². The highest BCUT2D eigenvalue weighted by molar-refractivity contribution is 8.01. The van der Waals surface area contributed by atoms with Gasteiger partial charge in [-0.3, -0.25) is 4.79 Å². The molecule has 0 radical (unpaired) electrons. The van der Waals surface area contributed by atoms with E-state index in [9.17, 15) is 42.1 Å². The van der Waals surface area contributed by atoms with Gasteiger partial charge in [-0.15, -0.1) is 16.9 Å². The molecule has 2 aliphatic carbocycles. The zero-order valence-electron chi connectivity index (χ0n) is 24.8. The Bertz CT molecular complexity index is 1330. The van der Waals surface area contributed by atoms with Crippen LogP contribution in [0.2, 0.25) is 0 Å². The van der Waals surface area contributed by atoms with Crippen LogP contribution in [0.5, 0.6) is 0 Å². The predicted octanol–water partition coefficient (Wildman–Crippen LogP) is 3.30. The van der Waals surface area contributed by atoms with E-state index in [0.29, 0.717) is 12.5 Å². The molecule has 1 aliphatic heterocycles. The Kier molecular flexibility index (Phi) is 10.1. The lowest BCUT2D eigenvalue weighted by Gasteiger charge is -2.47. The molecule has 16 heteroatoms. The summed E-state index contributed by atoms with van der Waals surface area (Å²) in [5, 5.41) is 39.6. The molecule has 1 unspecified atom stereocenters. The SMILES string of the molecule is CO[C@@H]1[C@@H](n2cc(-c3cc(F)c(F)c(F)c3)nn2)[C@@H](O)[C@@H](CO)O[C@H]1SC(C(=O)N(C)CCC1CC1)C1(O)CCC(F)(F)CC1. The monoisotopic (exact) mass is 664 g/mol. The van der Waals surface area contributed by atoms with Crippen molar-refractivity contribution in [2.75, 3.05) is 27.3 Å². The quantitative estimate of drug-likeness (QED) is 0.245. The molecule has 0 bridgehead atoms. The summed E-state index contributed by atoms with van der Waals surface area (Å²) in [4.78, 5) is 15.3. The number of nitrogens with zero attached hydrogens (tertiary/aromatic N) is 4. The molecule has 1 saturated heterocycles. The van der Waals surface area contributed by atoms with Gasteiger partial charge in [0.1, 0.15) is 40.7 Å². The van der Waals surface area contributed by atoms with E-state index >= 15 is 0 Å². The van der Waals surface area contributed by atoms with Gasteiger partial charge in [0.15, 0.2) is 17.5 Å². The predicted molar refractivity (Wildman–Crippen MR) is 152 cm³/mol. The summed E-state index contributed by atoms with van der Waals surface area (Å²) < 4.78 is 82.5. The number of aliphatic hydroxyl groups excluding tert-OH is 2. The molecule has 0 spiro atoms. The van der Waals surface area contributed by atoms with E-state index in [1.165, 1.54) is 18.2 Å². The van der Waals surface area contributed by atoms with Crippen molar-refractivity contribution in [1.29, 1.82) is 0 Å². The van der Waals surface area contributed by atoms with Crippen molar-refractivity contribution in [2.24, 2.45) is 5.92 Å². The number of ether oxygens (including phenoxy) is 2. The molecular weight excluding hydrogens is 627 g/mol. The summed E-state index contributed by atoms with van der Waals surface area (Å²) in [6, 6.07) is 0.338. The fourth-order valence-corrected chi connectivity index (χ4v) is 7.62. The van der Waals surface area contributed by atoms with Crippen molar-refractivity contribution in [2.45, 2.75) is 91.5 Å². The maximum Gasteiger partial charge on any atom is 0.248 e. The lowest BCUT2D eigenvalue weighted by Crippen LogP contribution is -2.58. The van der Waals surface area contributed by atoms with Gasteiger partial charge in [0, 0.05) is 39.1 Å². The van der Waals surface area contributed by atoms with E-state index in [1.807, 2.05) is 0 Å². The number of carbonyl (C=O) groups excluding carboxylic acids is 1. The molecule has 2 saturated carbocycles. The number of rotatable bonds is 11. The number of alkyl halides is 2. The molecule has 250 valence electrons. The topological polar surface area (TPSA) is 130 Å². The van der Waals surface area contributed by atoms with Gasteiger partial charge in [-0.1, -0.05) is 18.1 Å². The van der Waals surface area contributed by atoms with Crippen LogP contribution >= 0.6 is 11.8 Å². The average molecular weight is 665 g/mol. The van der Waals surface area contributed by atoms with Crippen molar-refractivity contribution in [3.8, 4) is 11.3 Å². The molecule has 1 aromatic heterocycles. The Morgan fingerprint density at radius 3 is 2.42 bits per heavy atom.